The summed E-state index contributed by atoms with van der Waals surface area (Å²) in [7, 11) is 0. The number of hydrogen-bond donors (Lipinski definition) is 1. The van der Waals surface area contributed by atoms with Crippen LogP contribution in [-0.2, 0) is 6.42 Å². The molecule has 0 atom stereocenters. The second-order valence-corrected chi connectivity index (χ2v) is 6.74. The maximum absolute atomic E-state index is 12.5. The summed E-state index contributed by atoms with van der Waals surface area (Å²) in [5.74, 6) is 0. The Balaban J connectivity index is 1.56. The number of urea groups is 1. The van der Waals surface area contributed by atoms with Gasteiger partial charge in [0.1, 0.15) is 0 Å². The molecule has 2 aromatic rings. The predicted molar refractivity (Wildman–Crippen MR) is 105 cm³/mol. The molecule has 2 amide bonds. The van der Waals surface area contributed by atoms with Gasteiger partial charge in [-0.15, -0.1) is 0 Å². The third-order valence-electron chi connectivity index (χ3n) is 4.90. The zero-order valence-corrected chi connectivity index (χ0v) is 15.4. The second-order valence-electron chi connectivity index (χ2n) is 6.74. The van der Waals surface area contributed by atoms with Crippen molar-refractivity contribution >= 4 is 17.4 Å². The molecule has 1 N–H and O–H groups in total. The number of anilines is 2. The lowest BCUT2D eigenvalue weighted by molar-refractivity contribution is 0.208. The van der Waals surface area contributed by atoms with E-state index < -0.39 is 0 Å². The molecule has 0 aliphatic carbocycles. The third kappa shape index (κ3) is 4.13. The first kappa shape index (κ1) is 17.3. The highest BCUT2D eigenvalue weighted by molar-refractivity contribution is 5.90. The van der Waals surface area contributed by atoms with Crippen LogP contribution in [0.5, 0.6) is 0 Å². The summed E-state index contributed by atoms with van der Waals surface area (Å²) in [5.41, 5.74) is 5.80. The van der Waals surface area contributed by atoms with Crippen molar-refractivity contribution in [3.05, 3.63) is 59.2 Å². The van der Waals surface area contributed by atoms with Crippen LogP contribution >= 0.6 is 0 Å². The fraction of sp³-hybridized carbons (Fsp3) is 0.381. The number of nitrogens with one attached hydrogen (secondary N) is 1. The van der Waals surface area contributed by atoms with Crippen LogP contribution in [0.1, 0.15) is 23.6 Å². The van der Waals surface area contributed by atoms with E-state index in [2.05, 4.69) is 54.4 Å². The van der Waals surface area contributed by atoms with Crippen molar-refractivity contribution in [1.82, 2.24) is 4.90 Å². The number of amides is 2. The van der Waals surface area contributed by atoms with E-state index in [4.69, 9.17) is 0 Å². The molecule has 0 spiro atoms. The Labute approximate surface area is 150 Å². The van der Waals surface area contributed by atoms with Gasteiger partial charge in [-0.05, 0) is 49.6 Å². The minimum absolute atomic E-state index is 0.00654. The highest BCUT2D eigenvalue weighted by Gasteiger charge is 2.21. The Morgan fingerprint density at radius 3 is 2.28 bits per heavy atom. The van der Waals surface area contributed by atoms with Crippen LogP contribution < -0.4 is 10.2 Å². The summed E-state index contributed by atoms with van der Waals surface area (Å²) >= 11 is 0. The van der Waals surface area contributed by atoms with Crippen LogP contribution in [0.25, 0.3) is 0 Å². The molecule has 1 heterocycles. The van der Waals surface area contributed by atoms with Crippen molar-refractivity contribution in [3.63, 3.8) is 0 Å². The van der Waals surface area contributed by atoms with E-state index >= 15 is 0 Å². The van der Waals surface area contributed by atoms with Gasteiger partial charge in [0.2, 0.25) is 0 Å². The molecule has 1 aliphatic rings. The minimum atomic E-state index is -0.00654. The summed E-state index contributed by atoms with van der Waals surface area (Å²) < 4.78 is 0. The average Bonchev–Trinajstić information content (AvgIpc) is 2.64. The maximum atomic E-state index is 12.5. The summed E-state index contributed by atoms with van der Waals surface area (Å²) in [6.07, 6.45) is 1.06. The van der Waals surface area contributed by atoms with Gasteiger partial charge in [-0.25, -0.2) is 4.79 Å². The van der Waals surface area contributed by atoms with Gasteiger partial charge in [-0.1, -0.05) is 36.8 Å². The molecule has 4 heteroatoms. The number of aryl methyl sites for hydroxylation is 3. The van der Waals surface area contributed by atoms with E-state index in [-0.39, 0.29) is 6.03 Å². The van der Waals surface area contributed by atoms with Gasteiger partial charge in [0, 0.05) is 37.6 Å². The van der Waals surface area contributed by atoms with Gasteiger partial charge < -0.3 is 15.1 Å². The van der Waals surface area contributed by atoms with Gasteiger partial charge in [-0.3, -0.25) is 0 Å². The van der Waals surface area contributed by atoms with Crippen LogP contribution in [0.15, 0.2) is 42.5 Å². The molecule has 0 saturated carbocycles. The Bertz CT molecular complexity index is 731. The molecule has 1 saturated heterocycles. The van der Waals surface area contributed by atoms with Gasteiger partial charge in [0.15, 0.2) is 0 Å². The standard InChI is InChI=1S/C21H27N3O/c1-4-18-6-8-19(9-7-18)23-11-13-24(14-12-23)21(25)22-20-10-5-16(2)15-17(20)3/h5-10,15H,4,11-14H2,1-3H3,(H,22,25). The van der Waals surface area contributed by atoms with Crippen molar-refractivity contribution in [2.45, 2.75) is 27.2 Å². The lowest BCUT2D eigenvalue weighted by Crippen LogP contribution is -2.50. The van der Waals surface area contributed by atoms with Gasteiger partial charge in [0.05, 0.1) is 0 Å². The fourth-order valence-corrected chi connectivity index (χ4v) is 3.26. The largest absolute Gasteiger partial charge is 0.368 e. The van der Waals surface area contributed by atoms with Crippen molar-refractivity contribution in [1.29, 1.82) is 0 Å². The van der Waals surface area contributed by atoms with Crippen molar-refractivity contribution in [2.75, 3.05) is 36.4 Å². The normalized spacial score (nSPS) is 14.5. The van der Waals surface area contributed by atoms with E-state index in [1.54, 1.807) is 0 Å². The SMILES string of the molecule is CCc1ccc(N2CCN(C(=O)Nc3ccc(C)cc3C)CC2)cc1. The van der Waals surface area contributed by atoms with Gasteiger partial charge >= 0.3 is 6.03 Å². The predicted octanol–water partition coefficient (Wildman–Crippen LogP) is 4.22. The first-order chi connectivity index (χ1) is 12.1. The van der Waals surface area contributed by atoms with E-state index in [1.807, 2.05) is 24.0 Å². The molecule has 1 fully saturated rings. The lowest BCUT2D eigenvalue weighted by Gasteiger charge is -2.36. The third-order valence-corrected chi connectivity index (χ3v) is 4.90. The highest BCUT2D eigenvalue weighted by Crippen LogP contribution is 2.19. The first-order valence-electron chi connectivity index (χ1n) is 9.04. The number of rotatable bonds is 3. The molecule has 0 unspecified atom stereocenters. The van der Waals surface area contributed by atoms with Crippen LogP contribution in [0, 0.1) is 13.8 Å². The number of piperazine rings is 1. The monoisotopic (exact) mass is 337 g/mol. The summed E-state index contributed by atoms with van der Waals surface area (Å²) in [6.45, 7) is 9.48. The van der Waals surface area contributed by atoms with E-state index in [1.165, 1.54) is 16.8 Å². The highest BCUT2D eigenvalue weighted by atomic mass is 16.2. The van der Waals surface area contributed by atoms with Crippen LogP contribution in [-0.4, -0.2) is 37.1 Å². The summed E-state index contributed by atoms with van der Waals surface area (Å²) in [5, 5.41) is 3.05. The zero-order chi connectivity index (χ0) is 17.8. The molecule has 25 heavy (non-hydrogen) atoms. The lowest BCUT2D eigenvalue weighted by atomic mass is 10.1. The quantitative estimate of drug-likeness (QED) is 0.910. The molecule has 0 bridgehead atoms. The minimum Gasteiger partial charge on any atom is -0.368 e. The van der Waals surface area contributed by atoms with Gasteiger partial charge in [-0.2, -0.15) is 0 Å². The average molecular weight is 337 g/mol. The van der Waals surface area contributed by atoms with Crippen molar-refractivity contribution in [3.8, 4) is 0 Å². The number of carbonyl (C=O) groups excluding carboxylic acids is 1. The Morgan fingerprint density at radius 2 is 1.68 bits per heavy atom. The fourth-order valence-electron chi connectivity index (χ4n) is 3.26. The van der Waals surface area contributed by atoms with Crippen LogP contribution in [0.3, 0.4) is 0 Å². The summed E-state index contributed by atoms with van der Waals surface area (Å²) in [4.78, 5) is 16.8. The molecule has 2 aromatic carbocycles. The molecule has 1 aliphatic heterocycles. The molecule has 0 radical (unpaired) electrons. The number of benzene rings is 2. The van der Waals surface area contributed by atoms with Crippen molar-refractivity contribution < 1.29 is 4.79 Å². The maximum Gasteiger partial charge on any atom is 0.321 e. The van der Waals surface area contributed by atoms with Crippen molar-refractivity contribution in [2.24, 2.45) is 0 Å². The molecule has 4 nitrogen and oxygen atoms in total. The van der Waals surface area contributed by atoms with Gasteiger partial charge in [0.25, 0.3) is 0 Å². The second kappa shape index (κ2) is 7.60. The number of carbonyl (C=O) groups is 1. The smallest absolute Gasteiger partial charge is 0.321 e. The number of nitrogens with zero attached hydrogens (tertiary/aromatic N) is 2. The van der Waals surface area contributed by atoms with E-state index in [0.29, 0.717) is 0 Å². The Kier molecular flexibility index (Phi) is 5.27. The topological polar surface area (TPSA) is 35.6 Å². The van der Waals surface area contributed by atoms with E-state index in [9.17, 15) is 4.79 Å². The summed E-state index contributed by atoms with van der Waals surface area (Å²) in [6, 6.07) is 14.8. The molecular formula is C21H27N3O. The first-order valence-corrected chi connectivity index (χ1v) is 9.04. The zero-order valence-electron chi connectivity index (χ0n) is 15.4. The molecule has 132 valence electrons. The molecule has 3 rings (SSSR count). The molecular weight excluding hydrogens is 310 g/mol. The van der Waals surface area contributed by atoms with E-state index in [0.717, 1.165) is 43.9 Å². The number of hydrogen-bond acceptors (Lipinski definition) is 2. The molecule has 0 aromatic heterocycles. The van der Waals surface area contributed by atoms with Crippen LogP contribution in [0.2, 0.25) is 0 Å². The Hall–Kier alpha value is -2.49. The van der Waals surface area contributed by atoms with Crippen LogP contribution in [0.4, 0.5) is 16.2 Å². The Morgan fingerprint density at radius 1 is 1.00 bits per heavy atom.